The number of pyridine rings is 1. The van der Waals surface area contributed by atoms with Crippen LogP contribution in [0.2, 0.25) is 5.02 Å². The van der Waals surface area contributed by atoms with Gasteiger partial charge in [-0.05, 0) is 42.8 Å². The summed E-state index contributed by atoms with van der Waals surface area (Å²) in [6, 6.07) is 26.7. The van der Waals surface area contributed by atoms with Crippen LogP contribution in [-0.2, 0) is 0 Å². The first kappa shape index (κ1) is 16.1. The predicted octanol–water partition coefficient (Wildman–Crippen LogP) is 6.81. The molecule has 0 N–H and O–H groups in total. The Morgan fingerprint density at radius 2 is 1.52 bits per heavy atom. The van der Waals surface area contributed by atoms with E-state index < -0.39 is 0 Å². The summed E-state index contributed by atoms with van der Waals surface area (Å²) in [4.78, 5) is 5.01. The van der Waals surface area contributed by atoms with Crippen LogP contribution in [0.4, 0.5) is 0 Å². The minimum atomic E-state index is 0.731. The van der Waals surface area contributed by atoms with Crippen LogP contribution in [0.25, 0.3) is 38.8 Å². The van der Waals surface area contributed by atoms with Crippen molar-refractivity contribution >= 4 is 33.4 Å². The summed E-state index contributed by atoms with van der Waals surface area (Å²) in [5, 5.41) is 3.07. The molecule has 5 rings (SSSR count). The monoisotopic (exact) mass is 368 g/mol. The molecule has 3 aromatic carbocycles. The fourth-order valence-electron chi connectivity index (χ4n) is 3.75. The number of fused-ring (bicyclic) bond motifs is 3. The van der Waals surface area contributed by atoms with Gasteiger partial charge in [-0.2, -0.15) is 0 Å². The van der Waals surface area contributed by atoms with Crippen molar-refractivity contribution in [1.82, 2.24) is 9.55 Å². The van der Waals surface area contributed by atoms with Gasteiger partial charge in [0.2, 0.25) is 0 Å². The number of benzene rings is 3. The van der Waals surface area contributed by atoms with Crippen molar-refractivity contribution in [2.24, 2.45) is 0 Å². The van der Waals surface area contributed by atoms with E-state index in [0.29, 0.717) is 0 Å². The molecule has 2 aromatic heterocycles. The number of para-hydroxylation sites is 2. The second kappa shape index (κ2) is 6.26. The number of aryl methyl sites for hydroxylation is 1. The van der Waals surface area contributed by atoms with Crippen LogP contribution in [0.3, 0.4) is 0 Å². The van der Waals surface area contributed by atoms with Crippen molar-refractivity contribution in [2.75, 3.05) is 0 Å². The Labute approximate surface area is 162 Å². The maximum absolute atomic E-state index is 6.10. The number of hydrogen-bond donors (Lipinski definition) is 0. The first-order chi connectivity index (χ1) is 13.2. The fourth-order valence-corrected chi connectivity index (χ4v) is 3.88. The molecular formula is C24H17ClN2. The van der Waals surface area contributed by atoms with Crippen molar-refractivity contribution in [1.29, 1.82) is 0 Å². The average molecular weight is 369 g/mol. The number of aromatic nitrogens is 2. The second-order valence-electron chi connectivity index (χ2n) is 6.73. The van der Waals surface area contributed by atoms with Gasteiger partial charge in [-0.3, -0.25) is 0 Å². The molecule has 0 aliphatic heterocycles. The highest BCUT2D eigenvalue weighted by Crippen LogP contribution is 2.37. The lowest BCUT2D eigenvalue weighted by molar-refractivity contribution is 1.12. The number of nitrogens with zero attached hydrogens (tertiary/aromatic N) is 2. The summed E-state index contributed by atoms with van der Waals surface area (Å²) < 4.78 is 2.27. The van der Waals surface area contributed by atoms with Gasteiger partial charge in [0.15, 0.2) is 0 Å². The van der Waals surface area contributed by atoms with Gasteiger partial charge in [-0.15, -0.1) is 0 Å². The van der Waals surface area contributed by atoms with Crippen molar-refractivity contribution in [3.63, 3.8) is 0 Å². The molecule has 0 aliphatic rings. The maximum Gasteiger partial charge on any atom is 0.0806 e. The Bertz CT molecular complexity index is 1270. The van der Waals surface area contributed by atoms with E-state index in [-0.39, 0.29) is 0 Å². The van der Waals surface area contributed by atoms with Crippen molar-refractivity contribution < 1.29 is 0 Å². The SMILES string of the molecule is Cc1cn(-c2ccccc2)c2c1c(-c1ccc(Cl)cc1)nc1ccccc12. The molecule has 0 unspecified atom stereocenters. The summed E-state index contributed by atoms with van der Waals surface area (Å²) in [5.74, 6) is 0. The molecule has 5 aromatic rings. The van der Waals surface area contributed by atoms with Gasteiger partial charge in [0, 0.05) is 33.2 Å². The first-order valence-corrected chi connectivity index (χ1v) is 9.32. The zero-order valence-corrected chi connectivity index (χ0v) is 15.6. The van der Waals surface area contributed by atoms with Crippen LogP contribution in [-0.4, -0.2) is 9.55 Å². The molecule has 0 saturated heterocycles. The van der Waals surface area contributed by atoms with Crippen molar-refractivity contribution in [3.8, 4) is 16.9 Å². The highest BCUT2D eigenvalue weighted by atomic mass is 35.5. The van der Waals surface area contributed by atoms with Crippen LogP contribution >= 0.6 is 11.6 Å². The topological polar surface area (TPSA) is 17.8 Å². The predicted molar refractivity (Wildman–Crippen MR) is 114 cm³/mol. The third kappa shape index (κ3) is 2.61. The third-order valence-corrected chi connectivity index (χ3v) is 5.23. The van der Waals surface area contributed by atoms with Gasteiger partial charge < -0.3 is 4.57 Å². The van der Waals surface area contributed by atoms with Crippen LogP contribution in [0, 0.1) is 6.92 Å². The Morgan fingerprint density at radius 1 is 0.815 bits per heavy atom. The van der Waals surface area contributed by atoms with E-state index in [1.54, 1.807) is 0 Å². The molecule has 0 spiro atoms. The van der Waals surface area contributed by atoms with Gasteiger partial charge in [0.05, 0.1) is 16.7 Å². The van der Waals surface area contributed by atoms with Gasteiger partial charge in [-0.25, -0.2) is 4.98 Å². The highest BCUT2D eigenvalue weighted by Gasteiger charge is 2.17. The largest absolute Gasteiger partial charge is 0.316 e. The standard InChI is InChI=1S/C24H17ClN2/c1-16-15-27(19-7-3-2-4-8-19)24-20-9-5-6-10-21(20)26-23(22(16)24)17-11-13-18(25)14-12-17/h2-15H,1H3. The van der Waals surface area contributed by atoms with Gasteiger partial charge in [0.25, 0.3) is 0 Å². The van der Waals surface area contributed by atoms with Crippen LogP contribution in [0.5, 0.6) is 0 Å². The Balaban J connectivity index is 1.94. The third-order valence-electron chi connectivity index (χ3n) is 4.98. The zero-order valence-electron chi connectivity index (χ0n) is 14.9. The minimum absolute atomic E-state index is 0.731. The number of rotatable bonds is 2. The van der Waals surface area contributed by atoms with E-state index in [1.807, 2.05) is 36.4 Å². The lowest BCUT2D eigenvalue weighted by atomic mass is 10.0. The quantitative estimate of drug-likeness (QED) is 0.334. The summed E-state index contributed by atoms with van der Waals surface area (Å²) in [6.07, 6.45) is 2.20. The van der Waals surface area contributed by atoms with E-state index in [1.165, 1.54) is 16.5 Å². The molecule has 0 radical (unpaired) electrons. The molecule has 0 fully saturated rings. The molecule has 0 bridgehead atoms. The van der Waals surface area contributed by atoms with Crippen LogP contribution in [0.15, 0.2) is 85.1 Å². The lowest BCUT2D eigenvalue weighted by Gasteiger charge is -2.11. The molecule has 0 amide bonds. The normalized spacial score (nSPS) is 11.3. The minimum Gasteiger partial charge on any atom is -0.316 e. The number of hydrogen-bond acceptors (Lipinski definition) is 1. The molecule has 130 valence electrons. The Hall–Kier alpha value is -3.10. The smallest absolute Gasteiger partial charge is 0.0806 e. The molecule has 2 nitrogen and oxygen atoms in total. The summed E-state index contributed by atoms with van der Waals surface area (Å²) in [5.41, 5.74) is 6.60. The molecule has 0 saturated carbocycles. The maximum atomic E-state index is 6.10. The van der Waals surface area contributed by atoms with E-state index in [0.717, 1.165) is 32.9 Å². The van der Waals surface area contributed by atoms with Gasteiger partial charge >= 0.3 is 0 Å². The fraction of sp³-hybridized carbons (Fsp3) is 0.0417. The molecule has 0 atom stereocenters. The van der Waals surface area contributed by atoms with E-state index >= 15 is 0 Å². The van der Waals surface area contributed by atoms with Crippen molar-refractivity contribution in [3.05, 3.63) is 95.6 Å². The molecular weight excluding hydrogens is 352 g/mol. The summed E-state index contributed by atoms with van der Waals surface area (Å²) in [6.45, 7) is 2.15. The Kier molecular flexibility index (Phi) is 3.73. The highest BCUT2D eigenvalue weighted by molar-refractivity contribution is 6.30. The van der Waals surface area contributed by atoms with E-state index in [2.05, 4.69) is 60.2 Å². The Morgan fingerprint density at radius 3 is 2.30 bits per heavy atom. The van der Waals surface area contributed by atoms with E-state index in [9.17, 15) is 0 Å². The van der Waals surface area contributed by atoms with Crippen molar-refractivity contribution in [2.45, 2.75) is 6.92 Å². The lowest BCUT2D eigenvalue weighted by Crippen LogP contribution is -1.94. The molecule has 2 heterocycles. The molecule has 3 heteroatoms. The van der Waals surface area contributed by atoms with E-state index in [4.69, 9.17) is 16.6 Å². The zero-order chi connectivity index (χ0) is 18.4. The molecule has 0 aliphatic carbocycles. The summed E-state index contributed by atoms with van der Waals surface area (Å²) >= 11 is 6.10. The first-order valence-electron chi connectivity index (χ1n) is 8.94. The average Bonchev–Trinajstić information content (AvgIpc) is 3.07. The second-order valence-corrected chi connectivity index (χ2v) is 7.16. The van der Waals surface area contributed by atoms with Gasteiger partial charge in [0.1, 0.15) is 0 Å². The summed E-state index contributed by atoms with van der Waals surface area (Å²) in [7, 11) is 0. The van der Waals surface area contributed by atoms with Gasteiger partial charge in [-0.1, -0.05) is 60.1 Å². The van der Waals surface area contributed by atoms with Crippen LogP contribution in [0.1, 0.15) is 5.56 Å². The molecule has 27 heavy (non-hydrogen) atoms. The van der Waals surface area contributed by atoms with Crippen LogP contribution < -0.4 is 0 Å². The number of halogens is 1.